The lowest BCUT2D eigenvalue weighted by Gasteiger charge is -2.07. The molecule has 0 fully saturated rings. The van der Waals surface area contributed by atoms with E-state index in [0.29, 0.717) is 17.9 Å². The second kappa shape index (κ2) is 6.83. The molecule has 0 unspecified atom stereocenters. The third-order valence-electron chi connectivity index (χ3n) is 2.65. The summed E-state index contributed by atoms with van der Waals surface area (Å²) in [5.41, 5.74) is 3.88. The summed E-state index contributed by atoms with van der Waals surface area (Å²) in [6, 6.07) is 6.84. The zero-order valence-electron chi connectivity index (χ0n) is 10.6. The van der Waals surface area contributed by atoms with Crippen molar-refractivity contribution in [1.82, 2.24) is 15.3 Å². The molecule has 0 spiro atoms. The number of hydrazine groups is 1. The van der Waals surface area contributed by atoms with E-state index in [9.17, 15) is 4.79 Å². The summed E-state index contributed by atoms with van der Waals surface area (Å²) < 4.78 is 0. The maximum absolute atomic E-state index is 12.0. The molecule has 7 heteroatoms. The molecule has 0 aliphatic rings. The van der Waals surface area contributed by atoms with Crippen molar-refractivity contribution in [2.75, 3.05) is 12.0 Å². The maximum atomic E-state index is 12.0. The minimum Gasteiger partial charge on any atom is -0.352 e. The van der Waals surface area contributed by atoms with Crippen molar-refractivity contribution in [3.05, 3.63) is 52.9 Å². The first kappa shape index (κ1) is 14.2. The van der Waals surface area contributed by atoms with Gasteiger partial charge in [-0.05, 0) is 36.2 Å². The van der Waals surface area contributed by atoms with Gasteiger partial charge >= 0.3 is 0 Å². The summed E-state index contributed by atoms with van der Waals surface area (Å²) in [5, 5.41) is 3.02. The molecule has 0 atom stereocenters. The fourth-order valence-electron chi connectivity index (χ4n) is 1.67. The molecule has 2 heterocycles. The van der Waals surface area contributed by atoms with Crippen LogP contribution in [-0.4, -0.2) is 22.4 Å². The van der Waals surface area contributed by atoms with E-state index in [1.54, 1.807) is 12.4 Å². The molecule has 0 aliphatic carbocycles. The van der Waals surface area contributed by atoms with Crippen molar-refractivity contribution in [2.45, 2.75) is 6.42 Å². The van der Waals surface area contributed by atoms with Gasteiger partial charge in [0.25, 0.3) is 5.91 Å². The Labute approximate surface area is 121 Å². The van der Waals surface area contributed by atoms with E-state index in [2.05, 4.69) is 20.7 Å². The first-order chi connectivity index (χ1) is 9.69. The van der Waals surface area contributed by atoms with Crippen LogP contribution in [0.2, 0.25) is 5.15 Å². The third-order valence-corrected chi connectivity index (χ3v) is 2.85. The van der Waals surface area contributed by atoms with Gasteiger partial charge in [-0.1, -0.05) is 11.6 Å². The van der Waals surface area contributed by atoms with Crippen LogP contribution in [0.5, 0.6) is 0 Å². The van der Waals surface area contributed by atoms with Gasteiger partial charge in [-0.3, -0.25) is 9.78 Å². The minimum absolute atomic E-state index is 0.208. The van der Waals surface area contributed by atoms with Gasteiger partial charge in [0.1, 0.15) is 11.0 Å². The molecule has 0 aromatic carbocycles. The summed E-state index contributed by atoms with van der Waals surface area (Å²) >= 11 is 5.81. The smallest absolute Gasteiger partial charge is 0.251 e. The predicted octanol–water partition coefficient (Wildman–Crippen LogP) is 1.39. The van der Waals surface area contributed by atoms with Gasteiger partial charge in [-0.2, -0.15) is 0 Å². The number of hydrogen-bond donors (Lipinski definition) is 3. The van der Waals surface area contributed by atoms with Crippen LogP contribution in [-0.2, 0) is 6.42 Å². The highest BCUT2D eigenvalue weighted by Crippen LogP contribution is 2.13. The number of hydrogen-bond acceptors (Lipinski definition) is 5. The molecule has 20 heavy (non-hydrogen) atoms. The molecular formula is C13H14ClN5O. The van der Waals surface area contributed by atoms with E-state index in [1.165, 1.54) is 12.1 Å². The highest BCUT2D eigenvalue weighted by atomic mass is 35.5. The molecule has 6 nitrogen and oxygen atoms in total. The van der Waals surface area contributed by atoms with Gasteiger partial charge in [0, 0.05) is 24.5 Å². The second-order valence-corrected chi connectivity index (χ2v) is 4.46. The SMILES string of the molecule is NNc1cc(C(=O)NCCc2ccncc2)cc(Cl)n1. The second-order valence-electron chi connectivity index (χ2n) is 4.07. The van der Waals surface area contributed by atoms with Crippen LogP contribution in [0.4, 0.5) is 5.82 Å². The molecule has 0 aliphatic heterocycles. The topological polar surface area (TPSA) is 92.9 Å². The number of aromatic nitrogens is 2. The van der Waals surface area contributed by atoms with Crippen molar-refractivity contribution in [2.24, 2.45) is 5.84 Å². The molecule has 104 valence electrons. The summed E-state index contributed by atoms with van der Waals surface area (Å²) in [4.78, 5) is 19.8. The van der Waals surface area contributed by atoms with Gasteiger partial charge < -0.3 is 10.7 Å². The number of nitrogens with one attached hydrogen (secondary N) is 2. The number of carbonyl (C=O) groups excluding carboxylic acids is 1. The van der Waals surface area contributed by atoms with E-state index in [4.69, 9.17) is 17.4 Å². The monoisotopic (exact) mass is 291 g/mol. The van der Waals surface area contributed by atoms with E-state index in [0.717, 1.165) is 12.0 Å². The Morgan fingerprint density at radius 3 is 2.75 bits per heavy atom. The van der Waals surface area contributed by atoms with Crippen molar-refractivity contribution >= 4 is 23.3 Å². The van der Waals surface area contributed by atoms with Crippen LogP contribution in [0.25, 0.3) is 0 Å². The predicted molar refractivity (Wildman–Crippen MR) is 77.3 cm³/mol. The van der Waals surface area contributed by atoms with Gasteiger partial charge in [0.05, 0.1) is 0 Å². The first-order valence-electron chi connectivity index (χ1n) is 6.00. The number of amides is 1. The molecule has 2 aromatic rings. The number of pyridine rings is 2. The minimum atomic E-state index is -0.222. The Kier molecular flexibility index (Phi) is 4.86. The molecule has 0 saturated heterocycles. The molecule has 4 N–H and O–H groups in total. The maximum Gasteiger partial charge on any atom is 0.251 e. The molecule has 0 saturated carbocycles. The highest BCUT2D eigenvalue weighted by Gasteiger charge is 2.08. The van der Waals surface area contributed by atoms with Crippen LogP contribution in [0, 0.1) is 0 Å². The van der Waals surface area contributed by atoms with Crippen LogP contribution < -0.4 is 16.6 Å². The van der Waals surface area contributed by atoms with Crippen molar-refractivity contribution in [3.63, 3.8) is 0 Å². The molecule has 0 bridgehead atoms. The summed E-state index contributed by atoms with van der Waals surface area (Å²) in [5.74, 6) is 5.38. The van der Waals surface area contributed by atoms with Crippen LogP contribution in [0.15, 0.2) is 36.7 Å². The van der Waals surface area contributed by atoms with Gasteiger partial charge in [0.2, 0.25) is 0 Å². The Hall–Kier alpha value is -2.18. The average molecular weight is 292 g/mol. The number of rotatable bonds is 5. The lowest BCUT2D eigenvalue weighted by Crippen LogP contribution is -2.26. The quantitative estimate of drug-likeness (QED) is 0.440. The first-order valence-corrected chi connectivity index (χ1v) is 6.38. The molecule has 0 radical (unpaired) electrons. The number of nitrogens with two attached hydrogens (primary N) is 1. The zero-order valence-corrected chi connectivity index (χ0v) is 11.4. The highest BCUT2D eigenvalue weighted by molar-refractivity contribution is 6.29. The Morgan fingerprint density at radius 1 is 1.30 bits per heavy atom. The van der Waals surface area contributed by atoms with Gasteiger partial charge in [-0.15, -0.1) is 0 Å². The number of nitrogens with zero attached hydrogens (tertiary/aromatic N) is 2. The number of nitrogen functional groups attached to an aromatic ring is 1. The zero-order chi connectivity index (χ0) is 14.4. The van der Waals surface area contributed by atoms with Crippen molar-refractivity contribution in [1.29, 1.82) is 0 Å². The standard InChI is InChI=1S/C13H14ClN5O/c14-11-7-10(8-12(18-11)19-15)13(20)17-6-3-9-1-4-16-5-2-9/h1-2,4-5,7-8H,3,6,15H2,(H,17,20)(H,18,19). The van der Waals surface area contributed by atoms with Crippen LogP contribution in [0.1, 0.15) is 15.9 Å². The van der Waals surface area contributed by atoms with Crippen LogP contribution >= 0.6 is 11.6 Å². The Morgan fingerprint density at radius 2 is 2.05 bits per heavy atom. The fraction of sp³-hybridized carbons (Fsp3) is 0.154. The molecular weight excluding hydrogens is 278 g/mol. The Bertz CT molecular complexity index is 591. The number of halogens is 1. The van der Waals surface area contributed by atoms with E-state index >= 15 is 0 Å². The number of anilines is 1. The normalized spacial score (nSPS) is 10.1. The van der Waals surface area contributed by atoms with Gasteiger partial charge in [0.15, 0.2) is 0 Å². The molecule has 1 amide bonds. The lowest BCUT2D eigenvalue weighted by atomic mass is 10.2. The van der Waals surface area contributed by atoms with Gasteiger partial charge in [-0.25, -0.2) is 10.8 Å². The lowest BCUT2D eigenvalue weighted by molar-refractivity contribution is 0.0954. The van der Waals surface area contributed by atoms with E-state index < -0.39 is 0 Å². The van der Waals surface area contributed by atoms with Crippen LogP contribution in [0.3, 0.4) is 0 Å². The molecule has 2 rings (SSSR count). The summed E-state index contributed by atoms with van der Waals surface area (Å²) in [6.45, 7) is 0.522. The summed E-state index contributed by atoms with van der Waals surface area (Å²) in [7, 11) is 0. The Balaban J connectivity index is 1.93. The van der Waals surface area contributed by atoms with E-state index in [-0.39, 0.29) is 11.1 Å². The van der Waals surface area contributed by atoms with E-state index in [1.807, 2.05) is 12.1 Å². The van der Waals surface area contributed by atoms with Crippen molar-refractivity contribution < 1.29 is 4.79 Å². The molecule has 2 aromatic heterocycles. The fourth-order valence-corrected chi connectivity index (χ4v) is 1.88. The summed E-state index contributed by atoms with van der Waals surface area (Å²) in [6.07, 6.45) is 4.17. The average Bonchev–Trinajstić information content (AvgIpc) is 2.47. The largest absolute Gasteiger partial charge is 0.352 e. The number of carbonyl (C=O) groups is 1. The third kappa shape index (κ3) is 3.91. The van der Waals surface area contributed by atoms with Crippen molar-refractivity contribution in [3.8, 4) is 0 Å².